The summed E-state index contributed by atoms with van der Waals surface area (Å²) in [6.45, 7) is 6.47. The zero-order valence-electron chi connectivity index (χ0n) is 19.7. The summed E-state index contributed by atoms with van der Waals surface area (Å²) in [6.07, 6.45) is 1.33. The number of carboxylic acid groups (broad SMARTS) is 1. The van der Waals surface area contributed by atoms with E-state index in [0.29, 0.717) is 25.8 Å². The second kappa shape index (κ2) is 15.0. The minimum absolute atomic E-state index is 0.0565. The number of aliphatic hydroxyl groups excluding tert-OH is 1. The zero-order valence-corrected chi connectivity index (χ0v) is 19.7. The number of aliphatic imine (C=N–C) groups is 1. The summed E-state index contributed by atoms with van der Waals surface area (Å²) in [5, 5.41) is 25.6. The molecule has 13 heteroatoms. The summed E-state index contributed by atoms with van der Waals surface area (Å²) in [5.74, 6) is -4.02. The molecule has 11 N–H and O–H groups in total. The van der Waals surface area contributed by atoms with Crippen LogP contribution in [0.4, 0.5) is 0 Å². The molecule has 0 aliphatic rings. The summed E-state index contributed by atoms with van der Waals surface area (Å²) in [5.41, 5.74) is 16.4. The summed E-state index contributed by atoms with van der Waals surface area (Å²) in [4.78, 5) is 53.0. The lowest BCUT2D eigenvalue weighted by Gasteiger charge is -2.29. The van der Waals surface area contributed by atoms with Crippen LogP contribution in [0.25, 0.3) is 0 Å². The number of nitrogens with two attached hydrogens (primary N) is 3. The predicted molar refractivity (Wildman–Crippen MR) is 123 cm³/mol. The fourth-order valence-corrected chi connectivity index (χ4v) is 2.84. The molecule has 0 rings (SSSR count). The van der Waals surface area contributed by atoms with E-state index in [-0.39, 0.29) is 11.9 Å². The van der Waals surface area contributed by atoms with Crippen molar-refractivity contribution in [2.24, 2.45) is 34.0 Å². The molecule has 13 nitrogen and oxygen atoms in total. The Hall–Kier alpha value is -2.93. The molecule has 0 heterocycles. The third-order valence-electron chi connectivity index (χ3n) is 5.14. The average molecular weight is 474 g/mol. The number of carbonyl (C=O) groups excluding carboxylic acids is 3. The van der Waals surface area contributed by atoms with Gasteiger partial charge in [-0.3, -0.25) is 19.4 Å². The summed E-state index contributed by atoms with van der Waals surface area (Å²) >= 11 is 0. The molecule has 0 aromatic heterocycles. The number of carbonyl (C=O) groups is 4. The van der Waals surface area contributed by atoms with Crippen molar-refractivity contribution in [3.05, 3.63) is 0 Å². The van der Waals surface area contributed by atoms with Crippen molar-refractivity contribution in [1.29, 1.82) is 0 Å². The number of aliphatic hydroxyl groups is 1. The van der Waals surface area contributed by atoms with E-state index in [9.17, 15) is 19.2 Å². The largest absolute Gasteiger partial charge is 0.480 e. The van der Waals surface area contributed by atoms with Gasteiger partial charge in [-0.15, -0.1) is 0 Å². The molecule has 5 atom stereocenters. The van der Waals surface area contributed by atoms with Crippen molar-refractivity contribution >= 4 is 29.7 Å². The van der Waals surface area contributed by atoms with Gasteiger partial charge in [-0.1, -0.05) is 34.1 Å². The van der Waals surface area contributed by atoms with E-state index in [1.54, 1.807) is 20.8 Å². The maximum atomic E-state index is 13.0. The van der Waals surface area contributed by atoms with E-state index in [2.05, 4.69) is 20.9 Å². The second-order valence-electron chi connectivity index (χ2n) is 8.24. The molecule has 190 valence electrons. The van der Waals surface area contributed by atoms with Crippen LogP contribution in [0.1, 0.15) is 47.0 Å². The first-order chi connectivity index (χ1) is 15.3. The Bertz CT molecular complexity index is 696. The lowest BCUT2D eigenvalue weighted by Crippen LogP contribution is -2.60. The lowest BCUT2D eigenvalue weighted by atomic mass is 9.96. The van der Waals surface area contributed by atoms with Gasteiger partial charge in [0, 0.05) is 6.54 Å². The molecule has 0 bridgehead atoms. The van der Waals surface area contributed by atoms with Gasteiger partial charge in [-0.05, 0) is 24.7 Å². The minimum atomic E-state index is -1.50. The van der Waals surface area contributed by atoms with Gasteiger partial charge in [-0.2, -0.15) is 0 Å². The predicted octanol–water partition coefficient (Wildman–Crippen LogP) is -2.40. The summed E-state index contributed by atoms with van der Waals surface area (Å²) in [7, 11) is 0. The van der Waals surface area contributed by atoms with Crippen molar-refractivity contribution in [2.45, 2.75) is 71.1 Å². The SMILES string of the molecule is CCC(C)C(NC(=O)C(N)CCCN=C(N)N)C(=O)NC(C(=O)NC(CO)C(=O)O)C(C)C. The number of carboxylic acids is 1. The molecule has 0 aliphatic carbocycles. The van der Waals surface area contributed by atoms with Crippen molar-refractivity contribution < 1.29 is 29.4 Å². The van der Waals surface area contributed by atoms with Crippen LogP contribution in [0.2, 0.25) is 0 Å². The van der Waals surface area contributed by atoms with Crippen LogP contribution in [0, 0.1) is 11.8 Å². The Labute approximate surface area is 193 Å². The van der Waals surface area contributed by atoms with E-state index in [0.717, 1.165) is 0 Å². The Morgan fingerprint density at radius 1 is 0.939 bits per heavy atom. The van der Waals surface area contributed by atoms with Crippen molar-refractivity contribution in [3.63, 3.8) is 0 Å². The minimum Gasteiger partial charge on any atom is -0.480 e. The van der Waals surface area contributed by atoms with Crippen LogP contribution < -0.4 is 33.2 Å². The molecule has 33 heavy (non-hydrogen) atoms. The summed E-state index contributed by atoms with van der Waals surface area (Å²) in [6, 6.07) is -4.43. The number of amides is 3. The number of hydrogen-bond acceptors (Lipinski definition) is 7. The molecule has 0 aliphatic heterocycles. The fourth-order valence-electron chi connectivity index (χ4n) is 2.84. The summed E-state index contributed by atoms with van der Waals surface area (Å²) < 4.78 is 0. The highest BCUT2D eigenvalue weighted by Crippen LogP contribution is 2.11. The van der Waals surface area contributed by atoms with Crippen LogP contribution in [0.5, 0.6) is 0 Å². The average Bonchev–Trinajstić information content (AvgIpc) is 2.74. The number of aliphatic carboxylic acids is 1. The monoisotopic (exact) mass is 473 g/mol. The highest BCUT2D eigenvalue weighted by molar-refractivity contribution is 5.94. The van der Waals surface area contributed by atoms with Gasteiger partial charge in [0.05, 0.1) is 12.6 Å². The number of nitrogens with one attached hydrogen (secondary N) is 3. The molecule has 0 aromatic rings. The molecule has 0 saturated heterocycles. The third kappa shape index (κ3) is 11.0. The Kier molecular flexibility index (Phi) is 13.7. The topological polar surface area (TPSA) is 235 Å². The van der Waals surface area contributed by atoms with E-state index >= 15 is 0 Å². The van der Waals surface area contributed by atoms with Crippen LogP contribution >= 0.6 is 0 Å². The van der Waals surface area contributed by atoms with E-state index in [4.69, 9.17) is 27.4 Å². The van der Waals surface area contributed by atoms with Gasteiger partial charge in [0.25, 0.3) is 0 Å². The first-order valence-corrected chi connectivity index (χ1v) is 10.9. The standard InChI is InChI=1S/C20H39N7O6/c1-5-11(4)15(27-16(29)12(21)7-6-8-24-20(22)23)18(31)26-14(10(2)3)17(30)25-13(9-28)19(32)33/h10-15,28H,5-9,21H2,1-4H3,(H,25,30)(H,26,31)(H,27,29)(H,32,33)(H4,22,23,24). The van der Waals surface area contributed by atoms with Crippen LogP contribution in [-0.2, 0) is 19.2 Å². The Morgan fingerprint density at radius 2 is 1.48 bits per heavy atom. The lowest BCUT2D eigenvalue weighted by molar-refractivity contribution is -0.143. The van der Waals surface area contributed by atoms with Gasteiger partial charge in [0.2, 0.25) is 17.7 Å². The smallest absolute Gasteiger partial charge is 0.328 e. The molecule has 0 fully saturated rings. The Morgan fingerprint density at radius 3 is 1.94 bits per heavy atom. The molecule has 5 unspecified atom stereocenters. The van der Waals surface area contributed by atoms with Crippen molar-refractivity contribution in [1.82, 2.24) is 16.0 Å². The van der Waals surface area contributed by atoms with Gasteiger partial charge in [0.1, 0.15) is 18.1 Å². The maximum Gasteiger partial charge on any atom is 0.328 e. The molecule has 3 amide bonds. The van der Waals surface area contributed by atoms with Gasteiger partial charge in [0.15, 0.2) is 5.96 Å². The van der Waals surface area contributed by atoms with Crippen LogP contribution in [0.15, 0.2) is 4.99 Å². The van der Waals surface area contributed by atoms with E-state index in [1.807, 2.05) is 6.92 Å². The Balaban J connectivity index is 5.28. The molecule has 0 radical (unpaired) electrons. The molecule has 0 aromatic carbocycles. The van der Waals surface area contributed by atoms with Crippen LogP contribution in [-0.4, -0.2) is 77.2 Å². The first kappa shape index (κ1) is 30.1. The van der Waals surface area contributed by atoms with Gasteiger partial charge in [-0.25, -0.2) is 4.79 Å². The molecule has 0 saturated carbocycles. The number of nitrogens with zero attached hydrogens (tertiary/aromatic N) is 1. The molecular formula is C20H39N7O6. The maximum absolute atomic E-state index is 13.0. The van der Waals surface area contributed by atoms with E-state index in [1.165, 1.54) is 0 Å². The quantitative estimate of drug-likeness (QED) is 0.0717. The second-order valence-corrected chi connectivity index (χ2v) is 8.24. The number of guanidine groups is 1. The number of hydrogen-bond donors (Lipinski definition) is 8. The van der Waals surface area contributed by atoms with Crippen molar-refractivity contribution in [3.8, 4) is 0 Å². The third-order valence-corrected chi connectivity index (χ3v) is 5.14. The first-order valence-electron chi connectivity index (χ1n) is 10.9. The molecule has 0 spiro atoms. The highest BCUT2D eigenvalue weighted by Gasteiger charge is 2.33. The zero-order chi connectivity index (χ0) is 25.7. The molecular weight excluding hydrogens is 434 g/mol. The van der Waals surface area contributed by atoms with Crippen LogP contribution in [0.3, 0.4) is 0 Å². The van der Waals surface area contributed by atoms with Gasteiger partial charge >= 0.3 is 5.97 Å². The highest BCUT2D eigenvalue weighted by atomic mass is 16.4. The normalized spacial score (nSPS) is 15.5. The van der Waals surface area contributed by atoms with E-state index < -0.39 is 60.4 Å². The van der Waals surface area contributed by atoms with Gasteiger partial charge < -0.3 is 43.4 Å². The fraction of sp³-hybridized carbons (Fsp3) is 0.750. The number of rotatable bonds is 15. The van der Waals surface area contributed by atoms with Crippen molar-refractivity contribution in [2.75, 3.05) is 13.2 Å².